The van der Waals surface area contributed by atoms with Gasteiger partial charge >= 0.3 is 0 Å². The summed E-state index contributed by atoms with van der Waals surface area (Å²) in [5.74, 6) is 0.822. The number of anilines is 2. The molecular weight excluding hydrogens is 261 g/mol. The number of para-hydroxylation sites is 2. The van der Waals surface area contributed by atoms with Crippen molar-refractivity contribution >= 4 is 35.7 Å². The quantitative estimate of drug-likeness (QED) is 0.578. The third-order valence-corrected chi connectivity index (χ3v) is 2.44. The molecule has 17 heavy (non-hydrogen) atoms. The van der Waals surface area contributed by atoms with E-state index in [9.17, 15) is 9.36 Å². The van der Waals surface area contributed by atoms with E-state index >= 15 is 0 Å². The zero-order valence-corrected chi connectivity index (χ0v) is 10.9. The molecule has 0 saturated carbocycles. The van der Waals surface area contributed by atoms with E-state index < -0.39 is 13.1 Å². The monoisotopic (exact) mass is 275 g/mol. The minimum atomic E-state index is -2.10. The lowest BCUT2D eigenvalue weighted by Crippen LogP contribution is -2.07. The average molecular weight is 276 g/mol. The maximum atomic E-state index is 10.1. The first-order valence-corrected chi connectivity index (χ1v) is 7.17. The number of hydrogen-bond acceptors (Lipinski definition) is 4. The second-order valence-electron chi connectivity index (χ2n) is 3.01. The van der Waals surface area contributed by atoms with Crippen molar-refractivity contribution in [2.24, 2.45) is 5.73 Å². The van der Waals surface area contributed by atoms with Crippen molar-refractivity contribution in [1.29, 1.82) is 0 Å². The lowest BCUT2D eigenvalue weighted by atomic mass is 10.3. The number of nitrogens with two attached hydrogens (primary N) is 3. The Labute approximate surface area is 105 Å². The van der Waals surface area contributed by atoms with Crippen molar-refractivity contribution < 1.29 is 9.36 Å². The second-order valence-corrected chi connectivity index (χ2v) is 5.06. The first kappa shape index (κ1) is 15.6. The normalized spacial score (nSPS) is 11.6. The van der Waals surface area contributed by atoms with Gasteiger partial charge < -0.3 is 21.8 Å². The fraction of sp³-hybridized carbons (Fsp3) is 0.100. The molecule has 0 saturated heterocycles. The second kappa shape index (κ2) is 8.67. The van der Waals surface area contributed by atoms with Gasteiger partial charge in [0, 0.05) is 6.42 Å². The van der Waals surface area contributed by atoms with E-state index in [1.165, 1.54) is 11.9 Å². The minimum absolute atomic E-state index is 0.100. The number of rotatable bonds is 3. The molecule has 0 aromatic heterocycles. The fourth-order valence-electron chi connectivity index (χ4n) is 0.779. The third-order valence-electron chi connectivity index (χ3n) is 1.56. The molecule has 0 aliphatic carbocycles. The number of benzene rings is 1. The Balaban J connectivity index is 0.000000302. The maximum Gasteiger partial charge on any atom is 0.221 e. The molecule has 94 valence electrons. The Hall–Kier alpha value is -1.45. The fourth-order valence-corrected chi connectivity index (χ4v) is 1.35. The summed E-state index contributed by atoms with van der Waals surface area (Å²) in [5.41, 5.74) is 16.8. The Morgan fingerprint density at radius 1 is 1.29 bits per heavy atom. The van der Waals surface area contributed by atoms with E-state index in [2.05, 4.69) is 0 Å². The predicted octanol–water partition coefficient (Wildman–Crippen LogP) is 1.94. The highest BCUT2D eigenvalue weighted by molar-refractivity contribution is 7.76. The van der Waals surface area contributed by atoms with Gasteiger partial charge in [-0.25, -0.2) is 0 Å². The minimum Gasteiger partial charge on any atom is -0.397 e. The zero-order valence-electron chi connectivity index (χ0n) is 9.10. The molecule has 1 unspecified atom stereocenters. The summed E-state index contributed by atoms with van der Waals surface area (Å²) >= 11 is 5.07. The molecule has 6 N–H and O–H groups in total. The maximum absolute atomic E-state index is 10.1. The van der Waals surface area contributed by atoms with Crippen LogP contribution in [0.2, 0.25) is 0 Å². The molecule has 1 amide bonds. The van der Waals surface area contributed by atoms with E-state index in [0.29, 0.717) is 11.4 Å². The van der Waals surface area contributed by atoms with Crippen LogP contribution in [0.25, 0.3) is 0 Å². The molecule has 0 fully saturated rings. The molecule has 0 radical (unpaired) electrons. The summed E-state index contributed by atoms with van der Waals surface area (Å²) in [5, 5.41) is 0. The molecule has 1 atom stereocenters. The standard InChI is InChI=1S/C6H8N2.C4H7ClNO2P/c7-5-3-1-2-4-6(5)8;5-9(8)3-1-2-4(6)7/h1-4H,7-8H2;1,3,9H,2H2,(H2,6,7). The summed E-state index contributed by atoms with van der Waals surface area (Å²) in [7, 11) is -2.10. The average Bonchev–Trinajstić information content (AvgIpc) is 2.22. The van der Waals surface area contributed by atoms with E-state index in [1.54, 1.807) is 12.1 Å². The summed E-state index contributed by atoms with van der Waals surface area (Å²) in [6.45, 7) is 0. The van der Waals surface area contributed by atoms with Gasteiger partial charge in [-0.2, -0.15) is 0 Å². The van der Waals surface area contributed by atoms with Gasteiger partial charge in [-0.05, 0) is 17.9 Å². The van der Waals surface area contributed by atoms with Crippen molar-refractivity contribution in [3.05, 3.63) is 36.2 Å². The molecule has 1 aromatic rings. The van der Waals surface area contributed by atoms with Crippen LogP contribution in [-0.4, -0.2) is 5.91 Å². The van der Waals surface area contributed by atoms with Gasteiger partial charge in [0.25, 0.3) is 0 Å². The van der Waals surface area contributed by atoms with Gasteiger partial charge in [-0.1, -0.05) is 29.4 Å². The lowest BCUT2D eigenvalue weighted by Gasteiger charge is -1.94. The summed E-state index contributed by atoms with van der Waals surface area (Å²) in [6, 6.07) is 7.25. The smallest absolute Gasteiger partial charge is 0.221 e. The number of carbonyl (C=O) groups is 1. The van der Waals surface area contributed by atoms with E-state index in [0.717, 1.165) is 0 Å². The van der Waals surface area contributed by atoms with Crippen LogP contribution in [-0.2, 0) is 9.36 Å². The van der Waals surface area contributed by atoms with Crippen LogP contribution in [0.4, 0.5) is 11.4 Å². The van der Waals surface area contributed by atoms with Crippen molar-refractivity contribution in [1.82, 2.24) is 0 Å². The molecule has 0 heterocycles. The number of hydrogen-bond donors (Lipinski definition) is 3. The molecule has 0 bridgehead atoms. The molecular formula is C10H15ClN3O2P. The van der Waals surface area contributed by atoms with Crippen molar-refractivity contribution in [2.75, 3.05) is 11.5 Å². The molecule has 1 aromatic carbocycles. The van der Waals surface area contributed by atoms with Crippen LogP contribution in [0.3, 0.4) is 0 Å². The largest absolute Gasteiger partial charge is 0.397 e. The van der Waals surface area contributed by atoms with Crippen molar-refractivity contribution in [2.45, 2.75) is 6.42 Å². The third kappa shape index (κ3) is 9.48. The van der Waals surface area contributed by atoms with E-state index in [1.807, 2.05) is 12.1 Å². The van der Waals surface area contributed by atoms with Crippen molar-refractivity contribution in [3.8, 4) is 0 Å². The summed E-state index contributed by atoms with van der Waals surface area (Å²) < 4.78 is 10.1. The molecule has 1 rings (SSSR count). The first-order chi connectivity index (χ1) is 7.93. The van der Waals surface area contributed by atoms with Crippen LogP contribution in [0.1, 0.15) is 6.42 Å². The van der Waals surface area contributed by atoms with E-state index in [-0.39, 0.29) is 6.42 Å². The highest BCUT2D eigenvalue weighted by Gasteiger charge is 1.87. The van der Waals surface area contributed by atoms with Crippen LogP contribution >= 0.6 is 18.4 Å². The Morgan fingerprint density at radius 2 is 1.76 bits per heavy atom. The predicted molar refractivity (Wildman–Crippen MR) is 73.1 cm³/mol. The molecule has 0 spiro atoms. The molecule has 7 heteroatoms. The molecule has 0 aliphatic rings. The number of amides is 1. The SMILES string of the molecule is NC(=O)CC=C[PH](=O)Cl.Nc1ccccc1N. The van der Waals surface area contributed by atoms with Crippen LogP contribution in [0, 0.1) is 0 Å². The summed E-state index contributed by atoms with van der Waals surface area (Å²) in [4.78, 5) is 10.0. The highest BCUT2D eigenvalue weighted by Crippen LogP contribution is 2.27. The van der Waals surface area contributed by atoms with Crippen molar-refractivity contribution in [3.63, 3.8) is 0 Å². The Bertz CT molecular complexity index is 403. The Kier molecular flexibility index (Phi) is 7.93. The van der Waals surface area contributed by atoms with Crippen LogP contribution < -0.4 is 17.2 Å². The van der Waals surface area contributed by atoms with Crippen LogP contribution in [0.5, 0.6) is 0 Å². The van der Waals surface area contributed by atoms with Gasteiger partial charge in [0.2, 0.25) is 5.91 Å². The van der Waals surface area contributed by atoms with Gasteiger partial charge in [-0.15, -0.1) is 0 Å². The molecule has 5 nitrogen and oxygen atoms in total. The number of nitrogen functional groups attached to an aromatic ring is 2. The number of carbonyl (C=O) groups excluding carboxylic acids is 1. The van der Waals surface area contributed by atoms with Gasteiger partial charge in [0.15, 0.2) is 7.15 Å². The van der Waals surface area contributed by atoms with Gasteiger partial charge in [-0.3, -0.25) is 4.79 Å². The number of primary amides is 1. The van der Waals surface area contributed by atoms with Crippen LogP contribution in [0.15, 0.2) is 36.2 Å². The zero-order chi connectivity index (χ0) is 13.3. The topological polar surface area (TPSA) is 112 Å². The number of halogens is 1. The van der Waals surface area contributed by atoms with E-state index in [4.69, 9.17) is 28.4 Å². The van der Waals surface area contributed by atoms with Gasteiger partial charge in [0.1, 0.15) is 0 Å². The lowest BCUT2D eigenvalue weighted by molar-refractivity contribution is -0.117. The first-order valence-electron chi connectivity index (χ1n) is 4.67. The van der Waals surface area contributed by atoms with Gasteiger partial charge in [0.05, 0.1) is 11.4 Å². The summed E-state index contributed by atoms with van der Waals surface area (Å²) in [6.07, 6.45) is 1.50. The highest BCUT2D eigenvalue weighted by atomic mass is 35.7. The molecule has 0 aliphatic heterocycles. The Morgan fingerprint density at radius 3 is 2.06 bits per heavy atom.